The summed E-state index contributed by atoms with van der Waals surface area (Å²) in [6.45, 7) is 0.724. The fourth-order valence-corrected chi connectivity index (χ4v) is 5.05. The Morgan fingerprint density at radius 3 is 2.41 bits per heavy atom. The third kappa shape index (κ3) is 5.08. The molecule has 1 saturated heterocycles. The molecular formula is C28H20BrNO3S. The quantitative estimate of drug-likeness (QED) is 0.244. The van der Waals surface area contributed by atoms with E-state index in [0.717, 1.165) is 38.7 Å². The Labute approximate surface area is 210 Å². The second-order valence-corrected chi connectivity index (χ2v) is 9.85. The average Bonchev–Trinajstić information content (AvgIpc) is 3.11. The predicted molar refractivity (Wildman–Crippen MR) is 140 cm³/mol. The fourth-order valence-electron chi connectivity index (χ4n) is 3.76. The van der Waals surface area contributed by atoms with Gasteiger partial charge in [-0.1, -0.05) is 76.6 Å². The first-order chi connectivity index (χ1) is 16.5. The Bertz CT molecular complexity index is 1410. The zero-order valence-corrected chi connectivity index (χ0v) is 20.5. The molecule has 0 aliphatic carbocycles. The minimum atomic E-state index is -0.272. The van der Waals surface area contributed by atoms with Crippen molar-refractivity contribution < 1.29 is 14.3 Å². The van der Waals surface area contributed by atoms with Gasteiger partial charge in [-0.15, -0.1) is 0 Å². The first kappa shape index (κ1) is 22.4. The van der Waals surface area contributed by atoms with Crippen LogP contribution in [0.15, 0.2) is 100 Å². The molecule has 4 aromatic carbocycles. The van der Waals surface area contributed by atoms with E-state index < -0.39 is 0 Å². The molecule has 1 fully saturated rings. The molecule has 5 rings (SSSR count). The molecular weight excluding hydrogens is 510 g/mol. The summed E-state index contributed by atoms with van der Waals surface area (Å²) in [5.74, 6) is 0.472. The van der Waals surface area contributed by atoms with Crippen LogP contribution in [0.3, 0.4) is 0 Å². The molecule has 2 amide bonds. The molecule has 0 saturated carbocycles. The Morgan fingerprint density at radius 2 is 1.62 bits per heavy atom. The van der Waals surface area contributed by atoms with Crippen LogP contribution >= 0.6 is 27.7 Å². The third-order valence-corrected chi connectivity index (χ3v) is 6.90. The second kappa shape index (κ2) is 9.87. The monoisotopic (exact) mass is 529 g/mol. The summed E-state index contributed by atoms with van der Waals surface area (Å²) >= 11 is 4.39. The summed E-state index contributed by atoms with van der Waals surface area (Å²) in [6, 6.07) is 29.7. The van der Waals surface area contributed by atoms with Crippen LogP contribution < -0.4 is 4.74 Å². The average molecular weight is 530 g/mol. The van der Waals surface area contributed by atoms with Crippen LogP contribution in [0.5, 0.6) is 5.75 Å². The zero-order valence-electron chi connectivity index (χ0n) is 18.1. The number of imide groups is 1. The van der Waals surface area contributed by atoms with Gasteiger partial charge >= 0.3 is 0 Å². The van der Waals surface area contributed by atoms with Crippen molar-refractivity contribution in [3.63, 3.8) is 0 Å². The number of hydrogen-bond acceptors (Lipinski definition) is 4. The molecule has 0 radical (unpaired) electrons. The van der Waals surface area contributed by atoms with Gasteiger partial charge in [-0.2, -0.15) is 0 Å². The second-order valence-electron chi connectivity index (χ2n) is 7.94. The molecule has 4 nitrogen and oxygen atoms in total. The minimum absolute atomic E-state index is 0.253. The highest BCUT2D eigenvalue weighted by Crippen LogP contribution is 2.33. The van der Waals surface area contributed by atoms with Crippen LogP contribution in [0, 0.1) is 0 Å². The lowest BCUT2D eigenvalue weighted by Gasteiger charge is -2.12. The third-order valence-electron chi connectivity index (χ3n) is 5.50. The van der Waals surface area contributed by atoms with Gasteiger partial charge in [0.15, 0.2) is 0 Å². The topological polar surface area (TPSA) is 46.6 Å². The van der Waals surface area contributed by atoms with Gasteiger partial charge in [-0.25, -0.2) is 0 Å². The van der Waals surface area contributed by atoms with Crippen molar-refractivity contribution in [1.29, 1.82) is 0 Å². The number of halogens is 1. The van der Waals surface area contributed by atoms with E-state index in [1.165, 1.54) is 15.7 Å². The van der Waals surface area contributed by atoms with Crippen molar-refractivity contribution in [3.8, 4) is 5.75 Å². The molecule has 168 valence electrons. The molecule has 1 aliphatic heterocycles. The highest BCUT2D eigenvalue weighted by Gasteiger charge is 2.34. The van der Waals surface area contributed by atoms with Gasteiger partial charge in [-0.3, -0.25) is 14.5 Å². The SMILES string of the molecule is O=C1S/C(=C\c2ccc(OCc3ccc4ccccc4c3)cc2)C(=O)N1Cc1cccc(Br)c1. The van der Waals surface area contributed by atoms with Crippen molar-refractivity contribution >= 4 is 55.7 Å². The number of nitrogens with zero attached hydrogens (tertiary/aromatic N) is 1. The van der Waals surface area contributed by atoms with Gasteiger partial charge in [0, 0.05) is 4.47 Å². The van der Waals surface area contributed by atoms with Crippen LogP contribution in [-0.4, -0.2) is 16.0 Å². The van der Waals surface area contributed by atoms with E-state index in [9.17, 15) is 9.59 Å². The number of rotatable bonds is 6. The fraction of sp³-hybridized carbons (Fsp3) is 0.0714. The van der Waals surface area contributed by atoms with Gasteiger partial charge in [0.1, 0.15) is 12.4 Å². The Balaban J connectivity index is 1.23. The molecule has 6 heteroatoms. The molecule has 0 aromatic heterocycles. The number of amides is 2. The number of ether oxygens (including phenoxy) is 1. The summed E-state index contributed by atoms with van der Waals surface area (Å²) < 4.78 is 6.85. The van der Waals surface area contributed by atoms with Crippen LogP contribution in [-0.2, 0) is 17.9 Å². The minimum Gasteiger partial charge on any atom is -0.489 e. The van der Waals surface area contributed by atoms with Crippen molar-refractivity contribution in [2.75, 3.05) is 0 Å². The Morgan fingerprint density at radius 1 is 0.824 bits per heavy atom. The van der Waals surface area contributed by atoms with Gasteiger partial charge in [0.05, 0.1) is 11.4 Å². The summed E-state index contributed by atoms with van der Waals surface area (Å²) in [5.41, 5.74) is 2.83. The maximum Gasteiger partial charge on any atom is 0.293 e. The molecule has 0 spiro atoms. The van der Waals surface area contributed by atoms with E-state index in [4.69, 9.17) is 4.74 Å². The standard InChI is InChI=1S/C28H20BrNO3S/c29-24-7-3-4-20(15-24)17-30-27(31)26(34-28(30)32)16-19-9-12-25(13-10-19)33-18-21-8-11-22-5-1-2-6-23(22)14-21/h1-16H,17-18H2/b26-16-. The smallest absolute Gasteiger partial charge is 0.293 e. The van der Waals surface area contributed by atoms with E-state index in [1.54, 1.807) is 6.08 Å². The largest absolute Gasteiger partial charge is 0.489 e. The highest BCUT2D eigenvalue weighted by molar-refractivity contribution is 9.10. The summed E-state index contributed by atoms with van der Waals surface area (Å²) in [7, 11) is 0. The normalized spacial score (nSPS) is 14.9. The van der Waals surface area contributed by atoms with Crippen molar-refractivity contribution in [2.24, 2.45) is 0 Å². The van der Waals surface area contributed by atoms with Crippen LogP contribution in [0.1, 0.15) is 16.7 Å². The zero-order chi connectivity index (χ0) is 23.5. The molecule has 0 unspecified atom stereocenters. The maximum atomic E-state index is 12.8. The summed E-state index contributed by atoms with van der Waals surface area (Å²) in [4.78, 5) is 26.9. The van der Waals surface area contributed by atoms with Crippen molar-refractivity contribution in [3.05, 3.63) is 117 Å². The van der Waals surface area contributed by atoms with Crippen LogP contribution in [0.2, 0.25) is 0 Å². The van der Waals surface area contributed by atoms with Crippen molar-refractivity contribution in [1.82, 2.24) is 4.90 Å². The lowest BCUT2D eigenvalue weighted by atomic mass is 10.1. The van der Waals surface area contributed by atoms with Gasteiger partial charge in [-0.05, 0) is 75.6 Å². The van der Waals surface area contributed by atoms with Crippen molar-refractivity contribution in [2.45, 2.75) is 13.2 Å². The molecule has 0 bridgehead atoms. The lowest BCUT2D eigenvalue weighted by Crippen LogP contribution is -2.27. The Hall–Kier alpha value is -3.35. The van der Waals surface area contributed by atoms with E-state index in [-0.39, 0.29) is 17.7 Å². The molecule has 1 heterocycles. The van der Waals surface area contributed by atoms with E-state index in [1.807, 2.05) is 60.7 Å². The first-order valence-electron chi connectivity index (χ1n) is 10.8. The van der Waals surface area contributed by atoms with Crippen LogP contribution in [0.25, 0.3) is 16.8 Å². The maximum absolute atomic E-state index is 12.8. The number of thioether (sulfide) groups is 1. The number of carbonyl (C=O) groups is 2. The van der Waals surface area contributed by atoms with Gasteiger partial charge in [0.2, 0.25) is 0 Å². The van der Waals surface area contributed by atoms with Crippen LogP contribution in [0.4, 0.5) is 4.79 Å². The number of hydrogen-bond donors (Lipinski definition) is 0. The van der Waals surface area contributed by atoms with E-state index in [0.29, 0.717) is 11.5 Å². The molecule has 34 heavy (non-hydrogen) atoms. The van der Waals surface area contributed by atoms with E-state index >= 15 is 0 Å². The molecule has 4 aromatic rings. The Kier molecular flexibility index (Phi) is 6.52. The summed E-state index contributed by atoms with van der Waals surface area (Å²) in [5, 5.41) is 2.14. The van der Waals surface area contributed by atoms with Gasteiger partial charge < -0.3 is 4.74 Å². The lowest BCUT2D eigenvalue weighted by molar-refractivity contribution is -0.123. The number of fused-ring (bicyclic) bond motifs is 1. The molecule has 0 atom stereocenters. The first-order valence-corrected chi connectivity index (χ1v) is 12.4. The van der Waals surface area contributed by atoms with Gasteiger partial charge in [0.25, 0.3) is 11.1 Å². The summed E-state index contributed by atoms with van der Waals surface area (Å²) in [6.07, 6.45) is 1.75. The number of benzene rings is 4. The molecule has 1 aliphatic rings. The molecule has 0 N–H and O–H groups in total. The predicted octanol–water partition coefficient (Wildman–Crippen LogP) is 7.42. The van der Waals surface area contributed by atoms with E-state index in [2.05, 4.69) is 46.3 Å². The highest BCUT2D eigenvalue weighted by atomic mass is 79.9. The number of carbonyl (C=O) groups excluding carboxylic acids is 2.